The van der Waals surface area contributed by atoms with Gasteiger partial charge in [-0.15, -0.1) is 0 Å². The zero-order chi connectivity index (χ0) is 39.5. The Bertz CT molecular complexity index is 2690. The van der Waals surface area contributed by atoms with Crippen LogP contribution in [0.15, 0.2) is 133 Å². The number of halogens is 6. The number of carbonyl (C=O) groups is 2. The summed E-state index contributed by atoms with van der Waals surface area (Å²) in [7, 11) is 0. The van der Waals surface area contributed by atoms with Crippen LogP contribution in [0.1, 0.15) is 43.0 Å². The maximum atomic E-state index is 14.4. The predicted octanol–water partition coefficient (Wildman–Crippen LogP) is 10.1. The first kappa shape index (κ1) is 36.2. The molecule has 12 heteroatoms. The van der Waals surface area contributed by atoms with E-state index < -0.39 is 35.4 Å². The quantitative estimate of drug-likeness (QED) is 0.0963. The van der Waals surface area contributed by atoms with Gasteiger partial charge in [-0.1, -0.05) is 48.5 Å². The number of nitrogens with zero attached hydrogens (tertiary/aromatic N) is 2. The molecule has 0 amide bonds. The summed E-state index contributed by atoms with van der Waals surface area (Å²) in [6.07, 6.45) is -9.40. The highest BCUT2D eigenvalue weighted by Gasteiger charge is 2.36. The number of aromatic carboxylic acids is 2. The lowest BCUT2D eigenvalue weighted by molar-refractivity contribution is -0.636. The molecule has 0 aliphatic heterocycles. The van der Waals surface area contributed by atoms with Gasteiger partial charge in [0.1, 0.15) is 0 Å². The van der Waals surface area contributed by atoms with Crippen molar-refractivity contribution < 1.29 is 55.3 Å². The van der Waals surface area contributed by atoms with Gasteiger partial charge in [0.05, 0.1) is 43.8 Å². The zero-order valence-electron chi connectivity index (χ0n) is 29.0. The van der Waals surface area contributed by atoms with Crippen molar-refractivity contribution in [3.8, 4) is 11.1 Å². The monoisotopic (exact) mass is 762 g/mol. The van der Waals surface area contributed by atoms with E-state index in [9.17, 15) is 46.1 Å². The van der Waals surface area contributed by atoms with Gasteiger partial charge in [-0.2, -0.15) is 35.5 Å². The summed E-state index contributed by atoms with van der Waals surface area (Å²) in [4.78, 5) is 23.1. The molecule has 0 spiro atoms. The Kier molecular flexibility index (Phi) is 8.71. The summed E-state index contributed by atoms with van der Waals surface area (Å²) in [5.41, 5.74) is 2.08. The van der Waals surface area contributed by atoms with Gasteiger partial charge in [0.25, 0.3) is 0 Å². The van der Waals surface area contributed by atoms with Crippen LogP contribution < -0.4 is 9.13 Å². The fourth-order valence-electron chi connectivity index (χ4n) is 7.43. The van der Waals surface area contributed by atoms with Crippen molar-refractivity contribution in [2.75, 3.05) is 0 Å². The number of hydrogen-bond acceptors (Lipinski definition) is 2. The maximum Gasteiger partial charge on any atom is 0.416 e. The second-order valence-corrected chi connectivity index (χ2v) is 13.4. The molecule has 0 saturated heterocycles. The Hall–Kier alpha value is -6.82. The SMILES string of the molecule is O=C(O)c1ccc(C[n+]2c3ccccc3c(-c3c4ccccc4[n+](Cc4ccc(C(=O)O)cc4)c4cc(C(F)(F)F)ccc34)c3ccc(C(F)(F)F)cc32)cc1. The summed E-state index contributed by atoms with van der Waals surface area (Å²) in [5.74, 6) is -2.25. The van der Waals surface area contributed by atoms with Crippen LogP contribution in [-0.4, -0.2) is 22.2 Å². The molecular weight excluding hydrogens is 734 g/mol. The number of carboxylic acid groups (broad SMARTS) is 2. The van der Waals surface area contributed by atoms with Crippen molar-refractivity contribution in [3.63, 3.8) is 0 Å². The molecule has 6 nitrogen and oxygen atoms in total. The number of hydrogen-bond donors (Lipinski definition) is 2. The van der Waals surface area contributed by atoms with Gasteiger partial charge in [-0.3, -0.25) is 0 Å². The Morgan fingerprint density at radius 1 is 0.446 bits per heavy atom. The third-order valence-corrected chi connectivity index (χ3v) is 10.0. The van der Waals surface area contributed by atoms with E-state index >= 15 is 0 Å². The molecule has 2 N–H and O–H groups in total. The Labute approximate surface area is 313 Å². The second kappa shape index (κ2) is 13.5. The van der Waals surface area contributed by atoms with Gasteiger partial charge in [0, 0.05) is 46.5 Å². The van der Waals surface area contributed by atoms with E-state index in [2.05, 4.69) is 0 Å². The van der Waals surface area contributed by atoms with E-state index in [1.165, 1.54) is 36.4 Å². The van der Waals surface area contributed by atoms with Crippen LogP contribution >= 0.6 is 0 Å². The van der Waals surface area contributed by atoms with Crippen LogP contribution in [0.3, 0.4) is 0 Å². The summed E-state index contributed by atoms with van der Waals surface area (Å²) >= 11 is 0. The average molecular weight is 763 g/mol. The van der Waals surface area contributed by atoms with Gasteiger partial charge in [-0.25, -0.2) is 9.59 Å². The normalized spacial score (nSPS) is 12.2. The summed E-state index contributed by atoms with van der Waals surface area (Å²) < 4.78 is 89.7. The zero-order valence-corrected chi connectivity index (χ0v) is 29.0. The highest BCUT2D eigenvalue weighted by atomic mass is 19.4. The first-order valence-electron chi connectivity index (χ1n) is 17.2. The molecule has 2 heterocycles. The van der Waals surface area contributed by atoms with E-state index in [0.717, 1.165) is 24.3 Å². The van der Waals surface area contributed by atoms with Crippen LogP contribution in [0, 0.1) is 0 Å². The average Bonchev–Trinajstić information content (AvgIpc) is 3.17. The second-order valence-electron chi connectivity index (χ2n) is 13.4. The Morgan fingerprint density at radius 3 is 1.12 bits per heavy atom. The predicted molar refractivity (Wildman–Crippen MR) is 197 cm³/mol. The first-order valence-corrected chi connectivity index (χ1v) is 17.2. The molecule has 8 rings (SSSR count). The number of aromatic nitrogens is 2. The Morgan fingerprint density at radius 2 is 0.786 bits per heavy atom. The number of pyridine rings is 2. The number of benzene rings is 6. The lowest BCUT2D eigenvalue weighted by Gasteiger charge is -2.18. The Balaban J connectivity index is 1.48. The molecule has 0 atom stereocenters. The molecule has 0 saturated carbocycles. The van der Waals surface area contributed by atoms with E-state index in [1.807, 2.05) is 12.1 Å². The number of carboxylic acids is 2. The van der Waals surface area contributed by atoms with Crippen LogP contribution in [0.2, 0.25) is 0 Å². The van der Waals surface area contributed by atoms with Crippen LogP contribution in [-0.2, 0) is 25.4 Å². The lowest BCUT2D eigenvalue weighted by Crippen LogP contribution is -2.37. The van der Waals surface area contributed by atoms with Crippen LogP contribution in [0.25, 0.3) is 54.7 Å². The number of fused-ring (bicyclic) bond motifs is 4. The molecule has 0 unspecified atom stereocenters. The minimum Gasteiger partial charge on any atom is -0.478 e. The van der Waals surface area contributed by atoms with Gasteiger partial charge >= 0.3 is 24.3 Å². The van der Waals surface area contributed by atoms with Gasteiger partial charge in [0.15, 0.2) is 13.1 Å². The third-order valence-electron chi connectivity index (χ3n) is 10.0. The molecule has 278 valence electrons. The standard InChI is InChI=1S/C44H26F6N2O4/c45-43(46,47)29-17-19-33-37(21-29)51(23-25-9-13-27(14-10-25)41(53)54)35-7-3-1-5-31(35)39(33)40-32-6-2-4-8-36(32)52(24-26-11-15-28(16-12-26)42(55)56)38-22-30(44(48,49)50)18-20-34(38)40/h1-22H,23-24H2/p+2. The summed E-state index contributed by atoms with van der Waals surface area (Å²) in [6.45, 7) is 0.148. The fourth-order valence-corrected chi connectivity index (χ4v) is 7.43. The molecule has 0 aliphatic carbocycles. The molecule has 0 aliphatic rings. The molecule has 2 aromatic heterocycles. The minimum atomic E-state index is -4.70. The highest BCUT2D eigenvalue weighted by Crippen LogP contribution is 2.44. The van der Waals surface area contributed by atoms with E-state index in [4.69, 9.17) is 0 Å². The van der Waals surface area contributed by atoms with Gasteiger partial charge in [0.2, 0.25) is 22.1 Å². The molecule has 6 aromatic carbocycles. The minimum absolute atomic E-state index is 0.0502. The van der Waals surface area contributed by atoms with Crippen molar-refractivity contribution in [1.82, 2.24) is 0 Å². The highest BCUT2D eigenvalue weighted by molar-refractivity contribution is 6.18. The maximum absolute atomic E-state index is 14.4. The van der Waals surface area contributed by atoms with Crippen molar-refractivity contribution >= 4 is 55.6 Å². The third kappa shape index (κ3) is 6.42. The largest absolute Gasteiger partial charge is 0.478 e. The summed E-state index contributed by atoms with van der Waals surface area (Å²) in [6, 6.07) is 33.2. The molecule has 0 bridgehead atoms. The summed E-state index contributed by atoms with van der Waals surface area (Å²) in [5, 5.41) is 20.9. The van der Waals surface area contributed by atoms with Crippen molar-refractivity contribution in [3.05, 3.63) is 167 Å². The molecule has 0 fully saturated rings. The van der Waals surface area contributed by atoms with Crippen molar-refractivity contribution in [1.29, 1.82) is 0 Å². The topological polar surface area (TPSA) is 82.4 Å². The van der Waals surface area contributed by atoms with Crippen molar-refractivity contribution in [2.45, 2.75) is 25.4 Å². The van der Waals surface area contributed by atoms with E-state index in [-0.39, 0.29) is 35.2 Å². The number of alkyl halides is 6. The molecule has 56 heavy (non-hydrogen) atoms. The van der Waals surface area contributed by atoms with E-state index in [1.54, 1.807) is 69.8 Å². The molecule has 0 radical (unpaired) electrons. The van der Waals surface area contributed by atoms with Crippen LogP contribution in [0.4, 0.5) is 26.3 Å². The first-order chi connectivity index (χ1) is 26.7. The molecule has 8 aromatic rings. The van der Waals surface area contributed by atoms with Gasteiger partial charge < -0.3 is 10.2 Å². The molecular formula is C44H28F6N2O4+2. The van der Waals surface area contributed by atoms with E-state index in [0.29, 0.717) is 54.8 Å². The smallest absolute Gasteiger partial charge is 0.416 e. The van der Waals surface area contributed by atoms with Crippen molar-refractivity contribution in [2.24, 2.45) is 0 Å². The van der Waals surface area contributed by atoms with Crippen LogP contribution in [0.5, 0.6) is 0 Å². The fraction of sp³-hybridized carbons (Fsp3) is 0.0909. The number of rotatable bonds is 7. The van der Waals surface area contributed by atoms with Gasteiger partial charge in [-0.05, 0) is 60.7 Å². The lowest BCUT2D eigenvalue weighted by atomic mass is 9.89. The number of para-hydroxylation sites is 2.